The molecule has 2 heterocycles. The molecule has 0 N–H and O–H groups in total. The van der Waals surface area contributed by atoms with Crippen molar-refractivity contribution in [2.45, 2.75) is 19.8 Å². The van der Waals surface area contributed by atoms with E-state index >= 15 is 0 Å². The Labute approximate surface area is 103 Å². The molecule has 0 amide bonds. The van der Waals surface area contributed by atoms with Gasteiger partial charge in [-0.25, -0.2) is 4.68 Å². The van der Waals surface area contributed by atoms with Gasteiger partial charge in [0, 0.05) is 20.1 Å². The minimum Gasteiger partial charge on any atom is -0.369 e. The Balaban J connectivity index is 2.28. The van der Waals surface area contributed by atoms with Crippen LogP contribution in [0.25, 0.3) is 0 Å². The highest BCUT2D eigenvalue weighted by Gasteiger charge is 2.19. The Hall–Kier alpha value is -0.840. The zero-order chi connectivity index (χ0) is 11.7. The first-order chi connectivity index (χ1) is 7.59. The van der Waals surface area contributed by atoms with E-state index in [0.717, 1.165) is 24.7 Å². The SMILES string of the molecule is CC1CCN(c2cnn(C)c(=O)c2Br)CC1. The maximum absolute atomic E-state index is 11.7. The van der Waals surface area contributed by atoms with Crippen molar-refractivity contribution >= 4 is 21.6 Å². The van der Waals surface area contributed by atoms with Gasteiger partial charge in [-0.05, 0) is 34.7 Å². The molecule has 5 heteroatoms. The smallest absolute Gasteiger partial charge is 0.282 e. The van der Waals surface area contributed by atoms with E-state index in [4.69, 9.17) is 0 Å². The van der Waals surface area contributed by atoms with Crippen molar-refractivity contribution in [2.24, 2.45) is 13.0 Å². The molecule has 0 bridgehead atoms. The van der Waals surface area contributed by atoms with E-state index in [1.165, 1.54) is 17.5 Å². The van der Waals surface area contributed by atoms with Crippen LogP contribution < -0.4 is 10.5 Å². The van der Waals surface area contributed by atoms with E-state index in [-0.39, 0.29) is 5.56 Å². The summed E-state index contributed by atoms with van der Waals surface area (Å²) in [5, 5.41) is 4.07. The Morgan fingerprint density at radius 1 is 1.44 bits per heavy atom. The number of piperidine rings is 1. The van der Waals surface area contributed by atoms with Gasteiger partial charge in [-0.2, -0.15) is 5.10 Å². The van der Waals surface area contributed by atoms with Crippen molar-refractivity contribution in [2.75, 3.05) is 18.0 Å². The van der Waals surface area contributed by atoms with E-state index in [9.17, 15) is 4.79 Å². The first-order valence-corrected chi connectivity index (χ1v) is 6.35. The normalized spacial score (nSPS) is 17.8. The summed E-state index contributed by atoms with van der Waals surface area (Å²) in [5.41, 5.74) is 0.853. The molecule has 1 fully saturated rings. The molecule has 0 atom stereocenters. The standard InChI is InChI=1S/C11H16BrN3O/c1-8-3-5-15(6-4-8)9-7-13-14(2)11(16)10(9)12/h7-8H,3-6H2,1-2H3. The summed E-state index contributed by atoms with van der Waals surface area (Å²) < 4.78 is 1.97. The van der Waals surface area contributed by atoms with Crippen molar-refractivity contribution in [1.29, 1.82) is 0 Å². The molecule has 0 spiro atoms. The van der Waals surface area contributed by atoms with E-state index in [0.29, 0.717) is 4.47 Å². The van der Waals surface area contributed by atoms with Crippen LogP contribution >= 0.6 is 15.9 Å². The molecule has 88 valence electrons. The van der Waals surface area contributed by atoms with Crippen molar-refractivity contribution in [3.8, 4) is 0 Å². The third-order valence-electron chi connectivity index (χ3n) is 3.18. The maximum atomic E-state index is 11.7. The number of rotatable bonds is 1. The number of hydrogen-bond donors (Lipinski definition) is 0. The molecule has 1 aromatic heterocycles. The zero-order valence-corrected chi connectivity index (χ0v) is 11.2. The minimum absolute atomic E-state index is 0.0730. The predicted molar refractivity (Wildman–Crippen MR) is 67.8 cm³/mol. The quantitative estimate of drug-likeness (QED) is 0.790. The number of hydrogen-bond acceptors (Lipinski definition) is 3. The second-order valence-electron chi connectivity index (χ2n) is 4.44. The van der Waals surface area contributed by atoms with Gasteiger partial charge in [-0.1, -0.05) is 6.92 Å². The monoisotopic (exact) mass is 285 g/mol. The number of halogens is 1. The summed E-state index contributed by atoms with van der Waals surface area (Å²) in [5.74, 6) is 0.787. The number of nitrogens with zero attached hydrogens (tertiary/aromatic N) is 3. The van der Waals surface area contributed by atoms with Crippen LogP contribution in [0.1, 0.15) is 19.8 Å². The molecule has 1 aromatic rings. The fourth-order valence-electron chi connectivity index (χ4n) is 1.97. The van der Waals surface area contributed by atoms with E-state index in [1.807, 2.05) is 0 Å². The average Bonchev–Trinajstić information content (AvgIpc) is 2.28. The van der Waals surface area contributed by atoms with Crippen LogP contribution in [0.5, 0.6) is 0 Å². The van der Waals surface area contributed by atoms with Gasteiger partial charge in [0.25, 0.3) is 5.56 Å². The molecule has 1 aliphatic heterocycles. The van der Waals surface area contributed by atoms with Gasteiger partial charge in [0.1, 0.15) is 4.47 Å². The molecule has 0 saturated carbocycles. The molecule has 0 unspecified atom stereocenters. The zero-order valence-electron chi connectivity index (χ0n) is 9.61. The largest absolute Gasteiger partial charge is 0.369 e. The van der Waals surface area contributed by atoms with Gasteiger partial charge in [0.05, 0.1) is 11.9 Å². The summed E-state index contributed by atoms with van der Waals surface area (Å²) in [4.78, 5) is 14.0. The lowest BCUT2D eigenvalue weighted by molar-refractivity contribution is 0.437. The van der Waals surface area contributed by atoms with Crippen LogP contribution in [-0.4, -0.2) is 22.9 Å². The molecule has 0 aromatic carbocycles. The van der Waals surface area contributed by atoms with Crippen LogP contribution in [0.2, 0.25) is 0 Å². The van der Waals surface area contributed by atoms with Crippen molar-refractivity contribution < 1.29 is 0 Å². The van der Waals surface area contributed by atoms with Crippen LogP contribution in [0, 0.1) is 5.92 Å². The van der Waals surface area contributed by atoms with Gasteiger partial charge in [-0.3, -0.25) is 4.79 Å². The van der Waals surface area contributed by atoms with Gasteiger partial charge in [0.15, 0.2) is 0 Å². The number of aromatic nitrogens is 2. The lowest BCUT2D eigenvalue weighted by Gasteiger charge is -2.32. The summed E-state index contributed by atoms with van der Waals surface area (Å²) in [7, 11) is 1.66. The van der Waals surface area contributed by atoms with Crippen molar-refractivity contribution in [3.05, 3.63) is 21.0 Å². The molecular weight excluding hydrogens is 270 g/mol. The van der Waals surface area contributed by atoms with Gasteiger partial charge in [-0.15, -0.1) is 0 Å². The molecule has 16 heavy (non-hydrogen) atoms. The Morgan fingerprint density at radius 3 is 2.69 bits per heavy atom. The van der Waals surface area contributed by atoms with Gasteiger partial charge < -0.3 is 4.90 Å². The van der Waals surface area contributed by atoms with Crippen molar-refractivity contribution in [3.63, 3.8) is 0 Å². The summed E-state index contributed by atoms with van der Waals surface area (Å²) >= 11 is 3.37. The molecular formula is C11H16BrN3O. The number of anilines is 1. The molecule has 0 aliphatic carbocycles. The van der Waals surface area contributed by atoms with Crippen molar-refractivity contribution in [1.82, 2.24) is 9.78 Å². The Bertz CT molecular complexity index is 435. The highest BCUT2D eigenvalue weighted by atomic mass is 79.9. The maximum Gasteiger partial charge on any atom is 0.282 e. The first kappa shape index (κ1) is 11.6. The van der Waals surface area contributed by atoms with Gasteiger partial charge >= 0.3 is 0 Å². The molecule has 1 saturated heterocycles. The van der Waals surface area contributed by atoms with Crippen LogP contribution in [0.3, 0.4) is 0 Å². The minimum atomic E-state index is -0.0730. The third kappa shape index (κ3) is 2.14. The summed E-state index contributed by atoms with van der Waals surface area (Å²) in [6.07, 6.45) is 4.13. The second kappa shape index (κ2) is 4.57. The molecule has 1 aliphatic rings. The highest BCUT2D eigenvalue weighted by Crippen LogP contribution is 2.26. The fourth-order valence-corrected chi connectivity index (χ4v) is 2.58. The predicted octanol–water partition coefficient (Wildman–Crippen LogP) is 1.78. The third-order valence-corrected chi connectivity index (χ3v) is 3.93. The number of aryl methyl sites for hydroxylation is 1. The van der Waals surface area contributed by atoms with E-state index in [1.54, 1.807) is 13.2 Å². The lowest BCUT2D eigenvalue weighted by Crippen LogP contribution is -2.35. The Morgan fingerprint density at radius 2 is 2.06 bits per heavy atom. The first-order valence-electron chi connectivity index (χ1n) is 5.56. The average molecular weight is 286 g/mol. The summed E-state index contributed by atoms with van der Waals surface area (Å²) in [6, 6.07) is 0. The van der Waals surface area contributed by atoms with Crippen LogP contribution in [0.15, 0.2) is 15.5 Å². The topological polar surface area (TPSA) is 38.1 Å². The molecule has 0 radical (unpaired) electrons. The Kier molecular flexibility index (Phi) is 3.33. The lowest BCUT2D eigenvalue weighted by atomic mass is 9.99. The van der Waals surface area contributed by atoms with Crippen LogP contribution in [-0.2, 0) is 7.05 Å². The van der Waals surface area contributed by atoms with E-state index in [2.05, 4.69) is 32.9 Å². The fraction of sp³-hybridized carbons (Fsp3) is 0.636. The van der Waals surface area contributed by atoms with Gasteiger partial charge in [0.2, 0.25) is 0 Å². The van der Waals surface area contributed by atoms with Crippen LogP contribution in [0.4, 0.5) is 5.69 Å². The molecule has 4 nitrogen and oxygen atoms in total. The second-order valence-corrected chi connectivity index (χ2v) is 5.24. The summed E-state index contributed by atoms with van der Waals surface area (Å²) in [6.45, 7) is 4.29. The highest BCUT2D eigenvalue weighted by molar-refractivity contribution is 9.10. The molecule has 2 rings (SSSR count). The van der Waals surface area contributed by atoms with E-state index < -0.39 is 0 Å².